The average molecular weight is 405 g/mol. The fraction of sp³-hybridized carbons (Fsp3) is 0. The van der Waals surface area contributed by atoms with Crippen LogP contribution in [0, 0.1) is 5.82 Å². The third-order valence-corrected chi connectivity index (χ3v) is 5.48. The summed E-state index contributed by atoms with van der Waals surface area (Å²) in [6, 6.07) is 20.7. The molecule has 4 heterocycles. The number of benzene rings is 2. The van der Waals surface area contributed by atoms with Gasteiger partial charge in [-0.05, 0) is 59.2 Å². The van der Waals surface area contributed by atoms with Gasteiger partial charge in [0.2, 0.25) is 0 Å². The molecule has 0 unspecified atom stereocenters. The van der Waals surface area contributed by atoms with Gasteiger partial charge in [-0.15, -0.1) is 0 Å². The van der Waals surface area contributed by atoms with Crippen molar-refractivity contribution in [2.24, 2.45) is 0 Å². The molecule has 0 radical (unpaired) electrons. The van der Waals surface area contributed by atoms with Gasteiger partial charge in [0.15, 0.2) is 0 Å². The molecular formula is C25H16FN5. The van der Waals surface area contributed by atoms with Gasteiger partial charge in [0.25, 0.3) is 0 Å². The van der Waals surface area contributed by atoms with Crippen LogP contribution in [0.5, 0.6) is 0 Å². The van der Waals surface area contributed by atoms with Crippen LogP contribution in [-0.4, -0.2) is 25.1 Å². The maximum Gasteiger partial charge on any atom is 0.138 e. The monoisotopic (exact) mass is 405 g/mol. The molecule has 0 saturated heterocycles. The number of pyridine rings is 2. The molecule has 6 aromatic rings. The van der Waals surface area contributed by atoms with Crippen LogP contribution in [0.1, 0.15) is 0 Å². The Morgan fingerprint density at radius 1 is 0.774 bits per heavy atom. The van der Waals surface area contributed by atoms with Crippen LogP contribution >= 0.6 is 0 Å². The van der Waals surface area contributed by atoms with Gasteiger partial charge in [-0.3, -0.25) is 10.1 Å². The zero-order valence-electron chi connectivity index (χ0n) is 16.3. The summed E-state index contributed by atoms with van der Waals surface area (Å²) in [4.78, 5) is 12.1. The van der Waals surface area contributed by atoms with Gasteiger partial charge in [-0.25, -0.2) is 9.37 Å². The maximum atomic E-state index is 13.8. The summed E-state index contributed by atoms with van der Waals surface area (Å²) in [5, 5.41) is 9.58. The van der Waals surface area contributed by atoms with Gasteiger partial charge < -0.3 is 4.98 Å². The summed E-state index contributed by atoms with van der Waals surface area (Å²) in [5.74, 6) is -0.264. The SMILES string of the molecule is Fc1cccc(-c2ccnc3[nH]c(-c4n[nH]c5ccc(-c6cccnc6)cc45)cc23)c1. The Labute approximate surface area is 176 Å². The number of nitrogens with one attached hydrogen (secondary N) is 2. The van der Waals surface area contributed by atoms with Crippen LogP contribution in [0.25, 0.3) is 55.6 Å². The molecule has 5 nitrogen and oxygen atoms in total. The molecule has 31 heavy (non-hydrogen) atoms. The molecule has 0 spiro atoms. The van der Waals surface area contributed by atoms with Crippen LogP contribution in [-0.2, 0) is 0 Å². The fourth-order valence-electron chi connectivity index (χ4n) is 3.99. The highest BCUT2D eigenvalue weighted by atomic mass is 19.1. The van der Waals surface area contributed by atoms with Crippen molar-refractivity contribution >= 4 is 21.9 Å². The highest BCUT2D eigenvalue weighted by Crippen LogP contribution is 2.34. The van der Waals surface area contributed by atoms with E-state index < -0.39 is 0 Å². The summed E-state index contributed by atoms with van der Waals surface area (Å²) < 4.78 is 13.8. The maximum absolute atomic E-state index is 13.8. The first kappa shape index (κ1) is 17.5. The lowest BCUT2D eigenvalue weighted by Crippen LogP contribution is -1.83. The highest BCUT2D eigenvalue weighted by molar-refractivity contribution is 6.00. The lowest BCUT2D eigenvalue weighted by atomic mass is 10.0. The number of halogens is 1. The lowest BCUT2D eigenvalue weighted by molar-refractivity contribution is 0.628. The largest absolute Gasteiger partial charge is 0.338 e. The second kappa shape index (κ2) is 6.88. The third-order valence-electron chi connectivity index (χ3n) is 5.48. The Kier molecular flexibility index (Phi) is 3.89. The van der Waals surface area contributed by atoms with Gasteiger partial charge >= 0.3 is 0 Å². The number of H-pyrrole nitrogens is 2. The first-order chi connectivity index (χ1) is 15.3. The van der Waals surface area contributed by atoms with Gasteiger partial charge in [0.05, 0.1) is 11.2 Å². The number of nitrogens with zero attached hydrogens (tertiary/aromatic N) is 3. The Morgan fingerprint density at radius 2 is 1.71 bits per heavy atom. The Morgan fingerprint density at radius 3 is 2.58 bits per heavy atom. The van der Waals surface area contributed by atoms with E-state index in [-0.39, 0.29) is 5.82 Å². The molecular weight excluding hydrogens is 389 g/mol. The van der Waals surface area contributed by atoms with Crippen molar-refractivity contribution in [3.8, 4) is 33.6 Å². The van der Waals surface area contributed by atoms with Crippen LogP contribution in [0.15, 0.2) is 85.3 Å². The summed E-state index contributed by atoms with van der Waals surface area (Å²) in [6.07, 6.45) is 5.34. The zero-order valence-corrected chi connectivity index (χ0v) is 16.3. The summed E-state index contributed by atoms with van der Waals surface area (Å²) in [7, 11) is 0. The molecule has 0 amide bonds. The van der Waals surface area contributed by atoms with Crippen LogP contribution in [0.2, 0.25) is 0 Å². The minimum Gasteiger partial charge on any atom is -0.338 e. The Hall–Kier alpha value is -4.32. The molecule has 0 bridgehead atoms. The van der Waals surface area contributed by atoms with Gasteiger partial charge in [-0.2, -0.15) is 5.10 Å². The van der Waals surface area contributed by atoms with Gasteiger partial charge in [0, 0.05) is 34.9 Å². The summed E-state index contributed by atoms with van der Waals surface area (Å²) >= 11 is 0. The molecule has 0 aliphatic rings. The van der Waals surface area contributed by atoms with E-state index in [2.05, 4.69) is 37.3 Å². The molecule has 148 valence electrons. The fourth-order valence-corrected chi connectivity index (χ4v) is 3.99. The Balaban J connectivity index is 1.52. The van der Waals surface area contributed by atoms with E-state index in [0.29, 0.717) is 0 Å². The van der Waals surface area contributed by atoms with E-state index >= 15 is 0 Å². The molecule has 0 saturated carbocycles. The number of fused-ring (bicyclic) bond motifs is 2. The molecule has 0 atom stereocenters. The molecule has 6 heteroatoms. The quantitative estimate of drug-likeness (QED) is 0.381. The number of hydrogen-bond acceptors (Lipinski definition) is 3. The van der Waals surface area contributed by atoms with Crippen LogP contribution in [0.3, 0.4) is 0 Å². The van der Waals surface area contributed by atoms with Gasteiger partial charge in [0.1, 0.15) is 17.2 Å². The van der Waals surface area contributed by atoms with Crippen molar-refractivity contribution in [3.63, 3.8) is 0 Å². The van der Waals surface area contributed by atoms with E-state index in [0.717, 1.165) is 55.6 Å². The van der Waals surface area contributed by atoms with E-state index in [1.807, 2.05) is 42.6 Å². The summed E-state index contributed by atoms with van der Waals surface area (Å²) in [5.41, 5.74) is 7.17. The predicted octanol–water partition coefficient (Wildman–Crippen LogP) is 5.97. The minimum atomic E-state index is -0.264. The predicted molar refractivity (Wildman–Crippen MR) is 120 cm³/mol. The molecule has 6 rings (SSSR count). The first-order valence-corrected chi connectivity index (χ1v) is 9.89. The van der Waals surface area contributed by atoms with Crippen molar-refractivity contribution in [1.29, 1.82) is 0 Å². The van der Waals surface area contributed by atoms with Crippen molar-refractivity contribution in [2.75, 3.05) is 0 Å². The van der Waals surface area contributed by atoms with Crippen molar-refractivity contribution in [1.82, 2.24) is 25.1 Å². The third kappa shape index (κ3) is 2.97. The van der Waals surface area contributed by atoms with Gasteiger partial charge in [-0.1, -0.05) is 24.3 Å². The second-order valence-corrected chi connectivity index (χ2v) is 7.39. The van der Waals surface area contributed by atoms with E-state index in [1.54, 1.807) is 18.5 Å². The van der Waals surface area contributed by atoms with Crippen LogP contribution < -0.4 is 0 Å². The van der Waals surface area contributed by atoms with Crippen molar-refractivity contribution < 1.29 is 4.39 Å². The molecule has 0 fully saturated rings. The number of rotatable bonds is 3. The second-order valence-electron chi connectivity index (χ2n) is 7.39. The smallest absolute Gasteiger partial charge is 0.138 e. The van der Waals surface area contributed by atoms with Crippen molar-refractivity contribution in [2.45, 2.75) is 0 Å². The molecule has 4 aromatic heterocycles. The highest BCUT2D eigenvalue weighted by Gasteiger charge is 2.15. The molecule has 2 N–H and O–H groups in total. The summed E-state index contributed by atoms with van der Waals surface area (Å²) in [6.45, 7) is 0. The van der Waals surface area contributed by atoms with E-state index in [4.69, 9.17) is 0 Å². The molecule has 2 aromatic carbocycles. The van der Waals surface area contributed by atoms with E-state index in [9.17, 15) is 4.39 Å². The average Bonchev–Trinajstić information content (AvgIpc) is 3.43. The standard InChI is InChI=1S/C25H16FN5/c26-18-5-1-3-16(11-18)19-8-10-28-25-20(19)13-23(29-25)24-21-12-15(6-7-22(21)30-31-24)17-4-2-9-27-14-17/h1-14H,(H,28,29)(H,30,31). The normalized spacial score (nSPS) is 11.4. The number of aromatic nitrogens is 5. The minimum absolute atomic E-state index is 0.264. The Bertz CT molecular complexity index is 1550. The molecule has 0 aliphatic carbocycles. The van der Waals surface area contributed by atoms with E-state index in [1.165, 1.54) is 12.1 Å². The van der Waals surface area contributed by atoms with Crippen LogP contribution in [0.4, 0.5) is 4.39 Å². The molecule has 0 aliphatic heterocycles. The van der Waals surface area contributed by atoms with Crippen molar-refractivity contribution in [3.05, 3.63) is 91.1 Å². The number of aromatic amines is 2. The topological polar surface area (TPSA) is 70.2 Å². The lowest BCUT2D eigenvalue weighted by Gasteiger charge is -2.02. The number of hydrogen-bond donors (Lipinski definition) is 2. The zero-order chi connectivity index (χ0) is 20.8. The first-order valence-electron chi connectivity index (χ1n) is 9.89.